The maximum atomic E-state index is 5.57. The van der Waals surface area contributed by atoms with E-state index in [2.05, 4.69) is 15.2 Å². The molecule has 60 valence electrons. The standard InChI is InChI=1S/C7H6N4O/c8-6-5(2-1-3-9-6)7-11-10-4-12-7/h1-4H,(H2,8,9). The van der Waals surface area contributed by atoms with Crippen LogP contribution >= 0.6 is 0 Å². The maximum Gasteiger partial charge on any atom is 0.251 e. The highest BCUT2D eigenvalue weighted by molar-refractivity contribution is 5.65. The fraction of sp³-hybridized carbons (Fsp3) is 0. The first-order valence-electron chi connectivity index (χ1n) is 3.35. The van der Waals surface area contributed by atoms with Gasteiger partial charge in [0.05, 0.1) is 5.56 Å². The van der Waals surface area contributed by atoms with Crippen LogP contribution in [0.4, 0.5) is 5.82 Å². The minimum atomic E-state index is 0.389. The quantitative estimate of drug-likeness (QED) is 0.668. The van der Waals surface area contributed by atoms with E-state index in [0.717, 1.165) is 0 Å². The van der Waals surface area contributed by atoms with Crippen LogP contribution in [0.15, 0.2) is 29.1 Å². The van der Waals surface area contributed by atoms with Crippen LogP contribution in [0.25, 0.3) is 11.5 Å². The largest absolute Gasteiger partial charge is 0.423 e. The molecule has 0 aromatic carbocycles. The van der Waals surface area contributed by atoms with Crippen LogP contribution in [0.3, 0.4) is 0 Å². The molecule has 2 N–H and O–H groups in total. The molecule has 5 nitrogen and oxygen atoms in total. The summed E-state index contributed by atoms with van der Waals surface area (Å²) in [5.41, 5.74) is 6.23. The molecular weight excluding hydrogens is 156 g/mol. The minimum absolute atomic E-state index is 0.389. The number of hydrogen-bond acceptors (Lipinski definition) is 5. The SMILES string of the molecule is Nc1ncccc1-c1nnco1. The first-order chi connectivity index (χ1) is 5.88. The Bertz CT molecular complexity index is 371. The molecule has 2 heterocycles. The van der Waals surface area contributed by atoms with Crippen molar-refractivity contribution in [2.24, 2.45) is 0 Å². The van der Waals surface area contributed by atoms with E-state index in [-0.39, 0.29) is 0 Å². The average molecular weight is 162 g/mol. The van der Waals surface area contributed by atoms with Crippen molar-refractivity contribution in [3.63, 3.8) is 0 Å². The molecule has 2 rings (SSSR count). The van der Waals surface area contributed by atoms with Gasteiger partial charge in [0.2, 0.25) is 6.39 Å². The summed E-state index contributed by atoms with van der Waals surface area (Å²) in [6.07, 6.45) is 2.86. The Hall–Kier alpha value is -1.91. The number of nitrogens with two attached hydrogens (primary N) is 1. The lowest BCUT2D eigenvalue weighted by molar-refractivity contribution is 0.568. The van der Waals surface area contributed by atoms with Gasteiger partial charge < -0.3 is 10.2 Å². The fourth-order valence-electron chi connectivity index (χ4n) is 0.889. The summed E-state index contributed by atoms with van der Waals surface area (Å²) in [6.45, 7) is 0. The third kappa shape index (κ3) is 1.01. The molecule has 0 fully saturated rings. The van der Waals surface area contributed by atoms with Gasteiger partial charge in [-0.1, -0.05) is 0 Å². The highest BCUT2D eigenvalue weighted by Gasteiger charge is 2.06. The lowest BCUT2D eigenvalue weighted by Gasteiger charge is -1.96. The van der Waals surface area contributed by atoms with Crippen LogP contribution in [0.1, 0.15) is 0 Å². The maximum absolute atomic E-state index is 5.57. The van der Waals surface area contributed by atoms with E-state index >= 15 is 0 Å². The summed E-state index contributed by atoms with van der Waals surface area (Å²) < 4.78 is 4.96. The van der Waals surface area contributed by atoms with E-state index in [1.54, 1.807) is 18.3 Å². The second kappa shape index (κ2) is 2.61. The van der Waals surface area contributed by atoms with Crippen LogP contribution in [0.5, 0.6) is 0 Å². The Balaban J connectivity index is 2.55. The van der Waals surface area contributed by atoms with Crippen molar-refractivity contribution in [1.29, 1.82) is 0 Å². The highest BCUT2D eigenvalue weighted by atomic mass is 16.4. The second-order valence-electron chi connectivity index (χ2n) is 2.18. The smallest absolute Gasteiger partial charge is 0.251 e. The normalized spacial score (nSPS) is 10.0. The van der Waals surface area contributed by atoms with Crippen molar-refractivity contribution in [3.05, 3.63) is 24.7 Å². The van der Waals surface area contributed by atoms with Gasteiger partial charge in [0, 0.05) is 6.20 Å². The molecule has 5 heteroatoms. The lowest BCUT2D eigenvalue weighted by Crippen LogP contribution is -1.92. The van der Waals surface area contributed by atoms with Gasteiger partial charge in [-0.2, -0.15) is 0 Å². The van der Waals surface area contributed by atoms with Gasteiger partial charge in [0.25, 0.3) is 5.89 Å². The Morgan fingerprint density at radius 2 is 2.33 bits per heavy atom. The summed E-state index contributed by atoms with van der Waals surface area (Å²) in [5, 5.41) is 7.25. The Kier molecular flexibility index (Phi) is 1.48. The van der Waals surface area contributed by atoms with Gasteiger partial charge in [-0.3, -0.25) is 0 Å². The molecular formula is C7H6N4O. The molecule has 0 amide bonds. The van der Waals surface area contributed by atoms with E-state index in [0.29, 0.717) is 17.3 Å². The minimum Gasteiger partial charge on any atom is -0.423 e. The van der Waals surface area contributed by atoms with E-state index in [9.17, 15) is 0 Å². The van der Waals surface area contributed by atoms with E-state index in [4.69, 9.17) is 10.2 Å². The summed E-state index contributed by atoms with van der Waals surface area (Å²) in [6, 6.07) is 3.53. The van der Waals surface area contributed by atoms with Gasteiger partial charge in [0.1, 0.15) is 5.82 Å². The number of nitrogen functional groups attached to an aromatic ring is 1. The molecule has 0 spiro atoms. The van der Waals surface area contributed by atoms with Gasteiger partial charge in [-0.15, -0.1) is 10.2 Å². The molecule has 0 aliphatic carbocycles. The van der Waals surface area contributed by atoms with Crippen LogP contribution in [0, 0.1) is 0 Å². The van der Waals surface area contributed by atoms with Crippen molar-refractivity contribution in [3.8, 4) is 11.5 Å². The topological polar surface area (TPSA) is 77.8 Å². The van der Waals surface area contributed by atoms with E-state index < -0.39 is 0 Å². The molecule has 0 radical (unpaired) electrons. The number of anilines is 1. The van der Waals surface area contributed by atoms with Crippen molar-refractivity contribution < 1.29 is 4.42 Å². The van der Waals surface area contributed by atoms with E-state index in [1.165, 1.54) is 6.39 Å². The second-order valence-corrected chi connectivity index (χ2v) is 2.18. The molecule has 0 aliphatic heterocycles. The molecule has 2 aromatic heterocycles. The van der Waals surface area contributed by atoms with Crippen molar-refractivity contribution in [2.45, 2.75) is 0 Å². The first kappa shape index (κ1) is 6.78. The predicted molar refractivity (Wildman–Crippen MR) is 41.9 cm³/mol. The molecule has 0 aliphatic rings. The Morgan fingerprint density at radius 1 is 1.42 bits per heavy atom. The summed E-state index contributed by atoms with van der Waals surface area (Å²) in [5.74, 6) is 0.780. The highest BCUT2D eigenvalue weighted by Crippen LogP contribution is 2.20. The van der Waals surface area contributed by atoms with Gasteiger partial charge in [-0.05, 0) is 12.1 Å². The lowest BCUT2D eigenvalue weighted by atomic mass is 10.2. The Morgan fingerprint density at radius 3 is 3.00 bits per heavy atom. The molecule has 0 saturated carbocycles. The zero-order chi connectivity index (χ0) is 8.39. The van der Waals surface area contributed by atoms with Crippen molar-refractivity contribution >= 4 is 5.82 Å². The zero-order valence-corrected chi connectivity index (χ0v) is 6.14. The summed E-state index contributed by atoms with van der Waals surface area (Å²) in [7, 11) is 0. The zero-order valence-electron chi connectivity index (χ0n) is 6.14. The first-order valence-corrected chi connectivity index (χ1v) is 3.35. The molecule has 0 saturated heterocycles. The van der Waals surface area contributed by atoms with Crippen LogP contribution in [-0.4, -0.2) is 15.2 Å². The number of nitrogens with zero attached hydrogens (tertiary/aromatic N) is 3. The summed E-state index contributed by atoms with van der Waals surface area (Å²) >= 11 is 0. The number of rotatable bonds is 1. The fourth-order valence-corrected chi connectivity index (χ4v) is 0.889. The van der Waals surface area contributed by atoms with Gasteiger partial charge >= 0.3 is 0 Å². The predicted octanol–water partition coefficient (Wildman–Crippen LogP) is 0.714. The van der Waals surface area contributed by atoms with Crippen molar-refractivity contribution in [1.82, 2.24) is 15.2 Å². The van der Waals surface area contributed by atoms with Gasteiger partial charge in [-0.25, -0.2) is 4.98 Å². The third-order valence-corrected chi connectivity index (χ3v) is 1.43. The third-order valence-electron chi connectivity index (χ3n) is 1.43. The molecule has 0 bridgehead atoms. The monoisotopic (exact) mass is 162 g/mol. The van der Waals surface area contributed by atoms with Crippen LogP contribution in [0.2, 0.25) is 0 Å². The molecule has 12 heavy (non-hydrogen) atoms. The number of pyridine rings is 1. The molecule has 2 aromatic rings. The van der Waals surface area contributed by atoms with Crippen molar-refractivity contribution in [2.75, 3.05) is 5.73 Å². The number of aromatic nitrogens is 3. The average Bonchev–Trinajstić information content (AvgIpc) is 2.57. The Labute approximate surface area is 68.3 Å². The van der Waals surface area contributed by atoms with Gasteiger partial charge in [0.15, 0.2) is 0 Å². The molecule has 0 unspecified atom stereocenters. The van der Waals surface area contributed by atoms with Crippen LogP contribution in [-0.2, 0) is 0 Å². The summed E-state index contributed by atoms with van der Waals surface area (Å²) in [4.78, 5) is 3.89. The van der Waals surface area contributed by atoms with Crippen LogP contribution < -0.4 is 5.73 Å². The van der Waals surface area contributed by atoms with E-state index in [1.807, 2.05) is 0 Å². The number of hydrogen-bond donors (Lipinski definition) is 1. The molecule has 0 atom stereocenters.